The summed E-state index contributed by atoms with van der Waals surface area (Å²) in [6.07, 6.45) is 13.9. The number of rotatable bonds is 15. The molecule has 2 nitrogen and oxygen atoms in total. The Morgan fingerprint density at radius 2 is 1.13 bits per heavy atom. The highest BCUT2D eigenvalue weighted by Gasteiger charge is 2.81. The third-order valence-corrected chi connectivity index (χ3v) is 11.4. The van der Waals surface area contributed by atoms with Crippen LogP contribution in [0.15, 0.2) is 10.1 Å². The minimum Gasteiger partial charge on any atom is -0.481 e. The summed E-state index contributed by atoms with van der Waals surface area (Å²) < 4.78 is -1.52. The largest absolute Gasteiger partial charge is 0.481 e. The van der Waals surface area contributed by atoms with Crippen molar-refractivity contribution in [1.82, 2.24) is 0 Å². The number of halogens is 6. The summed E-state index contributed by atoms with van der Waals surface area (Å²) in [4.78, 5) is 8.40. The van der Waals surface area contributed by atoms with Crippen LogP contribution in [0.1, 0.15) is 96.8 Å². The molecule has 180 valence electrons. The predicted octanol–water partition coefficient (Wildman–Crippen LogP) is 9.63. The van der Waals surface area contributed by atoms with Gasteiger partial charge in [0.2, 0.25) is 0 Å². The molecule has 0 amide bonds. The van der Waals surface area contributed by atoms with Gasteiger partial charge < -0.3 is 5.11 Å². The molecule has 0 radical (unpaired) electrons. The van der Waals surface area contributed by atoms with Crippen molar-refractivity contribution in [2.75, 3.05) is 0 Å². The fourth-order valence-electron chi connectivity index (χ4n) is 5.32. The molecule has 0 heterocycles. The first-order chi connectivity index (χ1) is 14.6. The van der Waals surface area contributed by atoms with E-state index >= 15 is 0 Å². The average Bonchev–Trinajstić information content (AvgIpc) is 2.90. The topological polar surface area (TPSA) is 37.3 Å². The Balaban J connectivity index is 1.99. The van der Waals surface area contributed by atoms with E-state index in [0.29, 0.717) is 19.3 Å². The third-order valence-electron chi connectivity index (χ3n) is 7.03. The van der Waals surface area contributed by atoms with E-state index in [-0.39, 0.29) is 28.3 Å². The van der Waals surface area contributed by atoms with Crippen LogP contribution in [0.25, 0.3) is 0 Å². The van der Waals surface area contributed by atoms with E-state index in [1.807, 2.05) is 0 Å². The number of fused-ring (bicyclic) bond motifs is 2. The summed E-state index contributed by atoms with van der Waals surface area (Å²) in [7, 11) is 0. The van der Waals surface area contributed by atoms with Crippen LogP contribution in [0.2, 0.25) is 0 Å². The number of carboxylic acids is 1. The van der Waals surface area contributed by atoms with Crippen LogP contribution < -0.4 is 0 Å². The summed E-state index contributed by atoms with van der Waals surface area (Å²) in [5.41, 5.74) is 0. The van der Waals surface area contributed by atoms with Crippen LogP contribution in [-0.2, 0) is 4.79 Å². The van der Waals surface area contributed by atoms with E-state index in [1.54, 1.807) is 0 Å². The fourth-order valence-corrected chi connectivity index (χ4v) is 8.47. The molecule has 2 aliphatic rings. The Morgan fingerprint density at radius 3 is 1.55 bits per heavy atom. The van der Waals surface area contributed by atoms with Crippen molar-refractivity contribution in [3.8, 4) is 0 Å². The monoisotopic (exact) mass is 552 g/mol. The van der Waals surface area contributed by atoms with Gasteiger partial charge in [0.25, 0.3) is 0 Å². The van der Waals surface area contributed by atoms with Gasteiger partial charge in [-0.2, -0.15) is 0 Å². The molecular weight excluding hydrogens is 521 g/mol. The van der Waals surface area contributed by atoms with Crippen LogP contribution >= 0.6 is 69.6 Å². The lowest BCUT2D eigenvalue weighted by atomic mass is 9.76. The van der Waals surface area contributed by atoms with Gasteiger partial charge in [-0.05, 0) is 31.1 Å². The molecule has 0 aromatic rings. The van der Waals surface area contributed by atoms with Gasteiger partial charge >= 0.3 is 5.97 Å². The van der Waals surface area contributed by atoms with Crippen LogP contribution in [0.3, 0.4) is 0 Å². The number of hydrogen-bond donors (Lipinski definition) is 1. The van der Waals surface area contributed by atoms with Gasteiger partial charge in [-0.15, -0.1) is 23.2 Å². The standard InChI is InChI=1S/C23H34Cl6O2/c1-2-3-4-5-6-7-8-9-10-13-16-17(14-11-12-15-18(30)31)22(27)20(25)19(24)21(16,26)23(22,28)29/h16-17H,2-15H2,1H3,(H,30,31). The second kappa shape index (κ2) is 12.1. The van der Waals surface area contributed by atoms with Crippen molar-refractivity contribution in [1.29, 1.82) is 0 Å². The molecule has 0 saturated heterocycles. The summed E-state index contributed by atoms with van der Waals surface area (Å²) in [5.74, 6) is -1.07. The highest BCUT2D eigenvalue weighted by Crippen LogP contribution is 2.77. The van der Waals surface area contributed by atoms with Crippen molar-refractivity contribution in [3.05, 3.63) is 10.1 Å². The maximum Gasteiger partial charge on any atom is 0.303 e. The number of aliphatic carboxylic acids is 1. The summed E-state index contributed by atoms with van der Waals surface area (Å²) in [6, 6.07) is 0. The van der Waals surface area contributed by atoms with Gasteiger partial charge in [0.15, 0.2) is 4.33 Å². The summed E-state index contributed by atoms with van der Waals surface area (Å²) >= 11 is 40.7. The number of unbranched alkanes of at least 4 members (excludes halogenated alkanes) is 9. The van der Waals surface area contributed by atoms with Gasteiger partial charge in [-0.1, -0.05) is 118 Å². The molecule has 0 aliphatic heterocycles. The maximum atomic E-state index is 10.9. The quantitative estimate of drug-likeness (QED) is 0.161. The van der Waals surface area contributed by atoms with Crippen LogP contribution in [-0.4, -0.2) is 25.2 Å². The Kier molecular flexibility index (Phi) is 11.0. The van der Waals surface area contributed by atoms with Gasteiger partial charge in [0.1, 0.15) is 9.75 Å². The Labute approximate surface area is 217 Å². The first-order valence-electron chi connectivity index (χ1n) is 11.6. The van der Waals surface area contributed by atoms with E-state index in [0.717, 1.165) is 19.3 Å². The van der Waals surface area contributed by atoms with E-state index in [2.05, 4.69) is 6.92 Å². The smallest absolute Gasteiger partial charge is 0.303 e. The Hall–Kier alpha value is 0.950. The lowest BCUT2D eigenvalue weighted by Crippen LogP contribution is -2.44. The second-order valence-electron chi connectivity index (χ2n) is 9.10. The van der Waals surface area contributed by atoms with Gasteiger partial charge in [0.05, 0.1) is 10.1 Å². The van der Waals surface area contributed by atoms with Gasteiger partial charge in [0, 0.05) is 6.42 Å². The number of hydrogen-bond acceptors (Lipinski definition) is 1. The highest BCUT2D eigenvalue weighted by atomic mass is 35.5. The number of alkyl halides is 4. The van der Waals surface area contributed by atoms with Gasteiger partial charge in [-0.25, -0.2) is 0 Å². The van der Waals surface area contributed by atoms with E-state index < -0.39 is 20.1 Å². The normalized spacial score (nSPS) is 31.6. The first-order valence-corrected chi connectivity index (χ1v) is 13.9. The SMILES string of the molecule is CCCCCCCCCCCC1C(CCCCC(=O)O)C2(Cl)C(Cl)=C(Cl)C1(Cl)C2(Cl)Cl. The van der Waals surface area contributed by atoms with E-state index in [9.17, 15) is 4.79 Å². The minimum atomic E-state index is -1.52. The average molecular weight is 555 g/mol. The Morgan fingerprint density at radius 1 is 0.742 bits per heavy atom. The lowest BCUT2D eigenvalue weighted by Gasteiger charge is -2.37. The predicted molar refractivity (Wildman–Crippen MR) is 135 cm³/mol. The van der Waals surface area contributed by atoms with Crippen molar-refractivity contribution < 1.29 is 9.90 Å². The van der Waals surface area contributed by atoms with Crippen molar-refractivity contribution in [3.63, 3.8) is 0 Å². The zero-order valence-electron chi connectivity index (χ0n) is 18.2. The van der Waals surface area contributed by atoms with Crippen molar-refractivity contribution >= 4 is 75.6 Å². The highest BCUT2D eigenvalue weighted by molar-refractivity contribution is 6.65. The zero-order valence-corrected chi connectivity index (χ0v) is 22.7. The van der Waals surface area contributed by atoms with Crippen LogP contribution in [0, 0.1) is 11.8 Å². The summed E-state index contributed by atoms with van der Waals surface area (Å²) in [5, 5.41) is 9.43. The summed E-state index contributed by atoms with van der Waals surface area (Å²) in [6.45, 7) is 2.23. The minimum absolute atomic E-state index is 0.106. The molecule has 2 rings (SSSR count). The van der Waals surface area contributed by atoms with E-state index in [4.69, 9.17) is 74.7 Å². The number of allylic oxidation sites excluding steroid dienone is 2. The first kappa shape index (κ1) is 28.2. The van der Waals surface area contributed by atoms with E-state index in [1.165, 1.54) is 44.9 Å². The molecule has 1 fully saturated rings. The molecule has 0 aromatic carbocycles. The fraction of sp³-hybridized carbons (Fsp3) is 0.870. The molecule has 8 heteroatoms. The molecule has 1 saturated carbocycles. The molecular formula is C23H34Cl6O2. The van der Waals surface area contributed by atoms with Crippen molar-refractivity contribution in [2.45, 2.75) is 111 Å². The third kappa shape index (κ3) is 5.46. The maximum absolute atomic E-state index is 10.9. The molecule has 0 spiro atoms. The molecule has 31 heavy (non-hydrogen) atoms. The van der Waals surface area contributed by atoms with Crippen LogP contribution in [0.4, 0.5) is 0 Å². The lowest BCUT2D eigenvalue weighted by molar-refractivity contribution is -0.137. The molecule has 4 atom stereocenters. The zero-order chi connectivity index (χ0) is 23.3. The molecule has 2 bridgehead atoms. The molecule has 1 N–H and O–H groups in total. The van der Waals surface area contributed by atoms with Crippen LogP contribution in [0.5, 0.6) is 0 Å². The second-order valence-corrected chi connectivity index (χ2v) is 12.4. The molecule has 2 aliphatic carbocycles. The Bertz CT molecular complexity index is 652. The molecule has 0 aromatic heterocycles. The molecule has 4 unspecified atom stereocenters. The number of carbonyl (C=O) groups is 1. The number of carboxylic acid groups (broad SMARTS) is 1. The van der Waals surface area contributed by atoms with Gasteiger partial charge in [-0.3, -0.25) is 4.79 Å². The van der Waals surface area contributed by atoms with Crippen molar-refractivity contribution in [2.24, 2.45) is 11.8 Å².